The van der Waals surface area contributed by atoms with Gasteiger partial charge in [-0.05, 0) is 19.4 Å². The summed E-state index contributed by atoms with van der Waals surface area (Å²) in [6, 6.07) is 11.6. The zero-order chi connectivity index (χ0) is 7.68. The van der Waals surface area contributed by atoms with Crippen molar-refractivity contribution in [1.82, 2.24) is 0 Å². The predicted octanol–water partition coefficient (Wildman–Crippen LogP) is 3.08. The van der Waals surface area contributed by atoms with Crippen molar-refractivity contribution in [2.24, 2.45) is 0 Å². The van der Waals surface area contributed by atoms with E-state index < -0.39 is 0 Å². The first-order valence-corrected chi connectivity index (χ1v) is 4.41. The smallest absolute Gasteiger partial charge is 0.0352 e. The first-order valence-electron chi connectivity index (χ1n) is 3.59. The molecule has 1 aromatic heterocycles. The molecule has 0 unspecified atom stereocenters. The second kappa shape index (κ2) is 2.67. The quantitative estimate of drug-likeness (QED) is 0.601. The molecule has 1 heterocycles. The van der Waals surface area contributed by atoms with Gasteiger partial charge in [-0.1, -0.05) is 18.2 Å². The van der Waals surface area contributed by atoms with Crippen molar-refractivity contribution in [3.05, 3.63) is 42.1 Å². The van der Waals surface area contributed by atoms with Crippen LogP contribution in [0, 0.1) is 13.0 Å². The van der Waals surface area contributed by atoms with Gasteiger partial charge < -0.3 is 0 Å². The van der Waals surface area contributed by atoms with E-state index in [-0.39, 0.29) is 0 Å². The molecule has 0 atom stereocenters. The molecule has 11 heavy (non-hydrogen) atoms. The number of fused-ring (bicyclic) bond motifs is 1. The molecule has 0 bridgehead atoms. The van der Waals surface area contributed by atoms with Crippen molar-refractivity contribution in [2.45, 2.75) is 6.42 Å². The van der Waals surface area contributed by atoms with E-state index in [4.69, 9.17) is 0 Å². The Balaban J connectivity index is 2.69. The molecule has 2 radical (unpaired) electrons. The molecular weight excluding hydrogens is 152 g/mol. The number of benzene rings is 1. The molecule has 0 saturated carbocycles. The molecule has 54 valence electrons. The van der Waals surface area contributed by atoms with Gasteiger partial charge in [-0.25, -0.2) is 0 Å². The first kappa shape index (κ1) is 6.86. The monoisotopic (exact) mass is 160 g/mol. The van der Waals surface area contributed by atoms with Crippen LogP contribution in [-0.2, 0) is 6.42 Å². The standard InChI is InChI=1S/C10H8S/c1-2-9-7-8-5-3-4-6-10(8)11-9/h3-6H,1-2H2. The average Bonchev–Trinajstić information content (AvgIpc) is 2.46. The summed E-state index contributed by atoms with van der Waals surface area (Å²) in [4.78, 5) is 1.24. The van der Waals surface area contributed by atoms with Crippen LogP contribution in [0.25, 0.3) is 10.1 Å². The number of thiophene rings is 1. The lowest BCUT2D eigenvalue weighted by molar-refractivity contribution is 1.35. The summed E-state index contributed by atoms with van der Waals surface area (Å²) in [5, 5.41) is 1.22. The fourth-order valence-electron chi connectivity index (χ4n) is 1.08. The Labute approximate surface area is 70.5 Å². The molecule has 0 spiro atoms. The minimum atomic E-state index is 0.847. The van der Waals surface area contributed by atoms with Gasteiger partial charge in [0.25, 0.3) is 0 Å². The molecule has 0 amide bonds. The Morgan fingerprint density at radius 3 is 2.91 bits per heavy atom. The largest absolute Gasteiger partial charge is 0.140 e. The fraction of sp³-hybridized carbons (Fsp3) is 0.100. The lowest BCUT2D eigenvalue weighted by Crippen LogP contribution is -1.65. The summed E-state index contributed by atoms with van der Waals surface area (Å²) >= 11 is 1.78. The topological polar surface area (TPSA) is 0 Å². The van der Waals surface area contributed by atoms with Crippen molar-refractivity contribution in [3.63, 3.8) is 0 Å². The van der Waals surface area contributed by atoms with Crippen LogP contribution in [0.4, 0.5) is 0 Å². The van der Waals surface area contributed by atoms with Gasteiger partial charge in [0.05, 0.1) is 0 Å². The van der Waals surface area contributed by atoms with Gasteiger partial charge in [-0.3, -0.25) is 0 Å². The van der Waals surface area contributed by atoms with Gasteiger partial charge in [-0.2, -0.15) is 0 Å². The van der Waals surface area contributed by atoms with E-state index in [1.807, 2.05) is 6.07 Å². The summed E-state index contributed by atoms with van der Waals surface area (Å²) < 4.78 is 1.31. The van der Waals surface area contributed by atoms with Crippen molar-refractivity contribution < 1.29 is 0 Å². The second-order valence-corrected chi connectivity index (χ2v) is 3.53. The summed E-state index contributed by atoms with van der Waals surface area (Å²) in [7, 11) is 0. The molecular formula is C10H8S. The highest BCUT2D eigenvalue weighted by Crippen LogP contribution is 2.24. The molecule has 0 N–H and O–H groups in total. The molecule has 1 heteroatoms. The average molecular weight is 160 g/mol. The van der Waals surface area contributed by atoms with E-state index in [9.17, 15) is 0 Å². The Morgan fingerprint density at radius 2 is 2.18 bits per heavy atom. The van der Waals surface area contributed by atoms with Gasteiger partial charge in [0.15, 0.2) is 0 Å². The van der Waals surface area contributed by atoms with E-state index in [0.29, 0.717) is 0 Å². The van der Waals surface area contributed by atoms with E-state index in [1.54, 1.807) is 11.3 Å². The Bertz CT molecular complexity index is 327. The summed E-state index contributed by atoms with van der Waals surface area (Å²) in [5.74, 6) is 0. The summed E-state index contributed by atoms with van der Waals surface area (Å²) in [5.41, 5.74) is 0. The molecule has 1 aromatic carbocycles. The lowest BCUT2D eigenvalue weighted by Gasteiger charge is -1.81. The highest BCUT2D eigenvalue weighted by molar-refractivity contribution is 7.19. The van der Waals surface area contributed by atoms with Crippen molar-refractivity contribution in [1.29, 1.82) is 0 Å². The molecule has 2 aromatic rings. The Morgan fingerprint density at radius 1 is 1.36 bits per heavy atom. The molecule has 0 aliphatic rings. The maximum atomic E-state index is 3.83. The molecule has 2 rings (SSSR count). The highest BCUT2D eigenvalue weighted by atomic mass is 32.1. The minimum absolute atomic E-state index is 0.847. The molecule has 0 fully saturated rings. The van der Waals surface area contributed by atoms with Crippen LogP contribution < -0.4 is 0 Å². The molecule has 0 aliphatic heterocycles. The van der Waals surface area contributed by atoms with Crippen LogP contribution in [0.2, 0.25) is 0 Å². The fourth-order valence-corrected chi connectivity index (χ4v) is 1.99. The number of hydrogen-bond acceptors (Lipinski definition) is 1. The van der Waals surface area contributed by atoms with Crippen molar-refractivity contribution >= 4 is 21.4 Å². The van der Waals surface area contributed by atoms with Gasteiger partial charge in [0.1, 0.15) is 0 Å². The third kappa shape index (κ3) is 1.16. The van der Waals surface area contributed by atoms with Crippen LogP contribution in [-0.4, -0.2) is 0 Å². The first-order chi connectivity index (χ1) is 5.40. The van der Waals surface area contributed by atoms with E-state index in [2.05, 4.69) is 31.2 Å². The van der Waals surface area contributed by atoms with Crippen LogP contribution in [0.5, 0.6) is 0 Å². The Kier molecular flexibility index (Phi) is 1.66. The minimum Gasteiger partial charge on any atom is -0.140 e. The van der Waals surface area contributed by atoms with Crippen LogP contribution >= 0.6 is 11.3 Å². The number of rotatable bonds is 1. The third-order valence-electron chi connectivity index (χ3n) is 1.62. The SMILES string of the molecule is [CH2]Cc1[c]c2ccccc2s1. The van der Waals surface area contributed by atoms with Crippen LogP contribution in [0.1, 0.15) is 4.88 Å². The highest BCUT2D eigenvalue weighted by Gasteiger charge is 1.97. The van der Waals surface area contributed by atoms with Gasteiger partial charge in [-0.15, -0.1) is 11.3 Å². The lowest BCUT2D eigenvalue weighted by atomic mass is 10.2. The van der Waals surface area contributed by atoms with Gasteiger partial charge >= 0.3 is 0 Å². The zero-order valence-corrected chi connectivity index (χ0v) is 6.95. The summed E-state index contributed by atoms with van der Waals surface area (Å²) in [6.45, 7) is 3.83. The van der Waals surface area contributed by atoms with E-state index in [0.717, 1.165) is 6.42 Å². The van der Waals surface area contributed by atoms with Gasteiger partial charge in [0.2, 0.25) is 0 Å². The maximum absolute atomic E-state index is 3.83. The molecule has 0 nitrogen and oxygen atoms in total. The predicted molar refractivity (Wildman–Crippen MR) is 49.7 cm³/mol. The zero-order valence-electron chi connectivity index (χ0n) is 6.13. The third-order valence-corrected chi connectivity index (χ3v) is 2.75. The Hall–Kier alpha value is -0.820. The van der Waals surface area contributed by atoms with Crippen LogP contribution in [0.3, 0.4) is 0 Å². The molecule has 0 saturated heterocycles. The molecule has 0 aliphatic carbocycles. The maximum Gasteiger partial charge on any atom is 0.0352 e. The van der Waals surface area contributed by atoms with E-state index >= 15 is 0 Å². The van der Waals surface area contributed by atoms with Gasteiger partial charge in [0, 0.05) is 21.0 Å². The van der Waals surface area contributed by atoms with Crippen LogP contribution in [0.15, 0.2) is 24.3 Å². The van der Waals surface area contributed by atoms with Crippen molar-refractivity contribution in [3.8, 4) is 0 Å². The second-order valence-electron chi connectivity index (χ2n) is 2.40. The van der Waals surface area contributed by atoms with Crippen molar-refractivity contribution in [2.75, 3.05) is 0 Å². The summed E-state index contributed by atoms with van der Waals surface area (Å²) in [6.07, 6.45) is 0.847. The number of hydrogen-bond donors (Lipinski definition) is 0. The normalized spacial score (nSPS) is 10.6. The van der Waals surface area contributed by atoms with E-state index in [1.165, 1.54) is 15.0 Å².